The number of likely N-dealkylation sites (N-methyl/N-ethyl adjacent to an activating group) is 1. The largest absolute Gasteiger partial charge is 0.461 e. The van der Waals surface area contributed by atoms with Crippen molar-refractivity contribution in [2.24, 2.45) is 29.6 Å². The molecule has 0 aromatic heterocycles. The van der Waals surface area contributed by atoms with Gasteiger partial charge < -0.3 is 29.3 Å². The maximum absolute atomic E-state index is 13.5. The van der Waals surface area contributed by atoms with Crippen molar-refractivity contribution in [1.82, 2.24) is 4.90 Å². The van der Waals surface area contributed by atoms with E-state index in [2.05, 4.69) is 0 Å². The monoisotopic (exact) mass is 526 g/mol. The van der Waals surface area contributed by atoms with Crippen LogP contribution in [0.1, 0.15) is 67.7 Å². The van der Waals surface area contributed by atoms with Crippen LogP contribution in [0.25, 0.3) is 0 Å². The van der Waals surface area contributed by atoms with Gasteiger partial charge in [-0.2, -0.15) is 0 Å². The highest BCUT2D eigenvalue weighted by molar-refractivity contribution is 6.00. The van der Waals surface area contributed by atoms with E-state index >= 15 is 0 Å². The first kappa shape index (κ1) is 31.8. The van der Waals surface area contributed by atoms with Crippen molar-refractivity contribution >= 4 is 17.5 Å². The van der Waals surface area contributed by atoms with Crippen LogP contribution < -0.4 is 0 Å². The zero-order valence-electron chi connectivity index (χ0n) is 23.9. The maximum atomic E-state index is 13.5. The number of aliphatic hydroxyl groups excluding tert-OH is 2. The summed E-state index contributed by atoms with van der Waals surface area (Å²) in [6.07, 6.45) is -1.77. The summed E-state index contributed by atoms with van der Waals surface area (Å²) in [6.45, 7) is 12.4. The van der Waals surface area contributed by atoms with Gasteiger partial charge in [0, 0.05) is 23.8 Å². The second kappa shape index (κ2) is 13.6. The summed E-state index contributed by atoms with van der Waals surface area (Å²) in [6, 6.07) is -0.188. The fraction of sp³-hybridized carbons (Fsp3) is 0.857. The SMILES string of the molecule is CC[C@H]1OC(=O)[C@H](C)C(=O)[C@H](C)[C@@H](OC2OC(C)CC(N(C)C)C2O)[C@@H](C)C[C@@H](C)C(=O)[CH][C@@H](O)[C@H]1C. The summed E-state index contributed by atoms with van der Waals surface area (Å²) in [5.74, 6) is -4.20. The number of ketones is 2. The van der Waals surface area contributed by atoms with Gasteiger partial charge >= 0.3 is 5.97 Å². The lowest BCUT2D eigenvalue weighted by Gasteiger charge is -2.43. The maximum Gasteiger partial charge on any atom is 0.316 e. The first-order chi connectivity index (χ1) is 17.2. The van der Waals surface area contributed by atoms with Crippen LogP contribution >= 0.6 is 0 Å². The van der Waals surface area contributed by atoms with E-state index < -0.39 is 60.3 Å². The first-order valence-electron chi connectivity index (χ1n) is 13.7. The molecule has 4 unspecified atom stereocenters. The van der Waals surface area contributed by atoms with Crippen LogP contribution in [0.5, 0.6) is 0 Å². The molecule has 2 aliphatic rings. The molecule has 0 amide bonds. The molecule has 9 nitrogen and oxygen atoms in total. The molecule has 213 valence electrons. The van der Waals surface area contributed by atoms with Crippen LogP contribution in [0.2, 0.25) is 0 Å². The lowest BCUT2D eigenvalue weighted by atomic mass is 9.79. The number of hydrogen-bond acceptors (Lipinski definition) is 9. The van der Waals surface area contributed by atoms with Gasteiger partial charge in [-0.1, -0.05) is 34.6 Å². The van der Waals surface area contributed by atoms with Crippen LogP contribution in [0.3, 0.4) is 0 Å². The first-order valence-corrected chi connectivity index (χ1v) is 13.7. The van der Waals surface area contributed by atoms with Gasteiger partial charge in [-0.25, -0.2) is 0 Å². The zero-order chi connectivity index (χ0) is 28.2. The van der Waals surface area contributed by atoms with Crippen LogP contribution in [-0.4, -0.2) is 89.6 Å². The molecule has 2 heterocycles. The Labute approximate surface area is 222 Å². The highest BCUT2D eigenvalue weighted by Crippen LogP contribution is 2.33. The number of Topliss-reactive ketones (excluding diaryl/α,β-unsaturated/α-hetero) is 2. The van der Waals surface area contributed by atoms with E-state index in [1.54, 1.807) is 20.8 Å². The molecule has 1 radical (unpaired) electrons. The van der Waals surface area contributed by atoms with Crippen LogP contribution in [0, 0.1) is 36.0 Å². The Hall–Kier alpha value is -1.39. The van der Waals surface area contributed by atoms with Gasteiger partial charge in [-0.05, 0) is 53.1 Å². The average molecular weight is 527 g/mol. The van der Waals surface area contributed by atoms with Crippen molar-refractivity contribution in [2.45, 2.75) is 111 Å². The molecule has 9 heteroatoms. The highest BCUT2D eigenvalue weighted by Gasteiger charge is 2.44. The van der Waals surface area contributed by atoms with Crippen molar-refractivity contribution in [1.29, 1.82) is 0 Å². The standard InChI is InChI=1S/C28H48NO8/c1-10-23-17(5)22(31)13-21(30)14(2)11-15(3)26(18(6)24(32)19(7)27(34)36-23)37-28-25(33)20(29(8)9)12-16(4)35-28/h13-20,22-23,25-26,28,31,33H,10-12H2,1-9H3/t14-,15+,16?,17-,18+,19-,20?,22-,23-,25?,26+,28?/m1/s1. The Bertz CT molecular complexity index is 788. The van der Waals surface area contributed by atoms with E-state index in [4.69, 9.17) is 14.2 Å². The molecule has 0 bridgehead atoms. The van der Waals surface area contributed by atoms with Crippen LogP contribution in [-0.2, 0) is 28.6 Å². The van der Waals surface area contributed by atoms with E-state index in [0.29, 0.717) is 19.3 Å². The van der Waals surface area contributed by atoms with Gasteiger partial charge in [0.05, 0.1) is 24.7 Å². The summed E-state index contributed by atoms with van der Waals surface area (Å²) in [5, 5.41) is 21.7. The fourth-order valence-electron chi connectivity index (χ4n) is 5.55. The van der Waals surface area contributed by atoms with Crippen LogP contribution in [0.4, 0.5) is 0 Å². The Morgan fingerprint density at radius 2 is 1.65 bits per heavy atom. The fourth-order valence-corrected chi connectivity index (χ4v) is 5.55. The number of nitrogens with zero attached hydrogens (tertiary/aromatic N) is 1. The smallest absolute Gasteiger partial charge is 0.316 e. The normalized spacial score (nSPS) is 43.4. The molecule has 0 aromatic rings. The lowest BCUT2D eigenvalue weighted by molar-refractivity contribution is -0.278. The Morgan fingerprint density at radius 3 is 2.22 bits per heavy atom. The van der Waals surface area contributed by atoms with Gasteiger partial charge in [0.2, 0.25) is 0 Å². The number of rotatable bonds is 4. The minimum absolute atomic E-state index is 0.168. The second-order valence-corrected chi connectivity index (χ2v) is 11.5. The predicted molar refractivity (Wildman–Crippen MR) is 138 cm³/mol. The zero-order valence-corrected chi connectivity index (χ0v) is 23.9. The van der Waals surface area contributed by atoms with Gasteiger partial charge in [-0.15, -0.1) is 0 Å². The molecule has 0 aromatic carbocycles. The van der Waals surface area contributed by atoms with E-state index in [0.717, 1.165) is 0 Å². The van der Waals surface area contributed by atoms with Crippen molar-refractivity contribution in [3.63, 3.8) is 0 Å². The summed E-state index contributed by atoms with van der Waals surface area (Å²) in [5.41, 5.74) is 0. The molecule has 2 aliphatic heterocycles. The third kappa shape index (κ3) is 7.82. The molecule has 2 rings (SSSR count). The molecular formula is C28H48NO8. The summed E-state index contributed by atoms with van der Waals surface area (Å²) in [4.78, 5) is 41.3. The Kier molecular flexibility index (Phi) is 11.7. The number of ether oxygens (including phenoxy) is 3. The van der Waals surface area contributed by atoms with Gasteiger partial charge in [0.1, 0.15) is 23.9 Å². The van der Waals surface area contributed by atoms with Gasteiger partial charge in [0.15, 0.2) is 12.1 Å². The minimum Gasteiger partial charge on any atom is -0.461 e. The van der Waals surface area contributed by atoms with E-state index in [-0.39, 0.29) is 29.6 Å². The molecule has 12 atom stereocenters. The molecular weight excluding hydrogens is 478 g/mol. The minimum atomic E-state index is -1.09. The topological polar surface area (TPSA) is 123 Å². The van der Waals surface area contributed by atoms with Crippen molar-refractivity contribution in [2.75, 3.05) is 14.1 Å². The van der Waals surface area contributed by atoms with Crippen molar-refractivity contribution < 1.29 is 38.8 Å². The summed E-state index contributed by atoms with van der Waals surface area (Å²) < 4.78 is 18.0. The molecule has 0 aliphatic carbocycles. The number of hydrogen-bond donors (Lipinski definition) is 2. The molecule has 2 saturated heterocycles. The summed E-state index contributed by atoms with van der Waals surface area (Å²) >= 11 is 0. The van der Waals surface area contributed by atoms with Gasteiger partial charge in [-0.3, -0.25) is 14.4 Å². The Balaban J connectivity index is 2.40. The van der Waals surface area contributed by atoms with Crippen LogP contribution in [0.15, 0.2) is 0 Å². The van der Waals surface area contributed by atoms with E-state index in [1.165, 1.54) is 13.3 Å². The number of esters is 1. The number of carbonyl (C=O) groups excluding carboxylic acids is 3. The Morgan fingerprint density at radius 1 is 1.03 bits per heavy atom. The van der Waals surface area contributed by atoms with Gasteiger partial charge in [0.25, 0.3) is 0 Å². The van der Waals surface area contributed by atoms with Crippen molar-refractivity contribution in [3.05, 3.63) is 6.42 Å². The van der Waals surface area contributed by atoms with E-state index in [1.807, 2.05) is 39.8 Å². The number of aliphatic hydroxyl groups is 2. The summed E-state index contributed by atoms with van der Waals surface area (Å²) in [7, 11) is 3.77. The molecule has 2 fully saturated rings. The molecule has 0 saturated carbocycles. The van der Waals surface area contributed by atoms with Crippen molar-refractivity contribution in [3.8, 4) is 0 Å². The second-order valence-electron chi connectivity index (χ2n) is 11.5. The molecule has 2 N–H and O–H groups in total. The molecule has 37 heavy (non-hydrogen) atoms. The number of cyclic esters (lactones) is 1. The highest BCUT2D eigenvalue weighted by atomic mass is 16.7. The average Bonchev–Trinajstić information content (AvgIpc) is 2.84. The molecule has 0 spiro atoms. The third-order valence-electron chi connectivity index (χ3n) is 8.19. The van der Waals surface area contributed by atoms with E-state index in [9.17, 15) is 24.6 Å². The predicted octanol–water partition coefficient (Wildman–Crippen LogP) is 2.41. The number of carbonyl (C=O) groups is 3. The third-order valence-corrected chi connectivity index (χ3v) is 8.19. The quantitative estimate of drug-likeness (QED) is 0.420. The lowest BCUT2D eigenvalue weighted by Crippen LogP contribution is -2.56.